The van der Waals surface area contributed by atoms with Gasteiger partial charge in [-0.05, 0) is 12.1 Å². The molecule has 1 aromatic heterocycles. The molecule has 0 spiro atoms. The van der Waals surface area contributed by atoms with Crippen LogP contribution in [0.3, 0.4) is 0 Å². The molecule has 0 saturated heterocycles. The summed E-state index contributed by atoms with van der Waals surface area (Å²) in [6.07, 6.45) is 3.90. The minimum absolute atomic E-state index is 0.618. The highest BCUT2D eigenvalue weighted by Gasteiger charge is 1.90. The number of rotatable bonds is 10. The van der Waals surface area contributed by atoms with Crippen LogP contribution < -0.4 is 5.43 Å². The van der Waals surface area contributed by atoms with E-state index in [1.54, 1.807) is 7.11 Å². The van der Waals surface area contributed by atoms with Gasteiger partial charge in [-0.15, -0.1) is 0 Å². The molecular formula is C11H20N2O3. The molecule has 1 aromatic rings. The van der Waals surface area contributed by atoms with E-state index in [1.807, 2.05) is 29.2 Å². The third-order valence-corrected chi connectivity index (χ3v) is 1.95. The van der Waals surface area contributed by atoms with E-state index in [-0.39, 0.29) is 0 Å². The summed E-state index contributed by atoms with van der Waals surface area (Å²) in [6, 6.07) is 3.94. The van der Waals surface area contributed by atoms with Crippen molar-refractivity contribution in [2.45, 2.75) is 0 Å². The summed E-state index contributed by atoms with van der Waals surface area (Å²) in [5.41, 5.74) is 3.17. The molecule has 0 aliphatic carbocycles. The summed E-state index contributed by atoms with van der Waals surface area (Å²) in [5, 5.41) is 0. The minimum atomic E-state index is 0.618. The van der Waals surface area contributed by atoms with Crippen molar-refractivity contribution in [2.24, 2.45) is 0 Å². The van der Waals surface area contributed by atoms with Crippen molar-refractivity contribution in [3.05, 3.63) is 24.5 Å². The van der Waals surface area contributed by atoms with Crippen LogP contribution in [0.1, 0.15) is 0 Å². The van der Waals surface area contributed by atoms with Crippen molar-refractivity contribution >= 4 is 0 Å². The van der Waals surface area contributed by atoms with Gasteiger partial charge in [0.05, 0.1) is 39.6 Å². The summed E-state index contributed by atoms with van der Waals surface area (Å²) in [7, 11) is 1.66. The quantitative estimate of drug-likeness (QED) is 0.599. The zero-order chi connectivity index (χ0) is 11.5. The van der Waals surface area contributed by atoms with E-state index < -0.39 is 0 Å². The molecule has 0 aromatic carbocycles. The molecular weight excluding hydrogens is 208 g/mol. The molecule has 0 amide bonds. The zero-order valence-electron chi connectivity index (χ0n) is 9.72. The molecule has 0 radical (unpaired) electrons. The lowest BCUT2D eigenvalue weighted by molar-refractivity contribution is 0.0269. The van der Waals surface area contributed by atoms with E-state index in [1.165, 1.54) is 0 Å². The van der Waals surface area contributed by atoms with Gasteiger partial charge in [-0.25, -0.2) is 0 Å². The number of methoxy groups -OCH3 is 1. The smallest absolute Gasteiger partial charge is 0.0701 e. The summed E-state index contributed by atoms with van der Waals surface area (Å²) < 4.78 is 17.4. The molecule has 0 bridgehead atoms. The summed E-state index contributed by atoms with van der Waals surface area (Å²) in [5.74, 6) is 0. The highest BCUT2D eigenvalue weighted by atomic mass is 16.5. The average molecular weight is 228 g/mol. The van der Waals surface area contributed by atoms with Gasteiger partial charge in [0.25, 0.3) is 0 Å². The molecule has 1 rings (SSSR count). The van der Waals surface area contributed by atoms with E-state index in [0.717, 1.165) is 6.54 Å². The molecule has 0 atom stereocenters. The predicted molar refractivity (Wildman–Crippen MR) is 62.2 cm³/mol. The van der Waals surface area contributed by atoms with Crippen molar-refractivity contribution in [2.75, 3.05) is 52.1 Å². The van der Waals surface area contributed by atoms with Crippen LogP contribution in [-0.4, -0.2) is 51.4 Å². The summed E-state index contributed by atoms with van der Waals surface area (Å²) >= 11 is 0. The van der Waals surface area contributed by atoms with Gasteiger partial charge in [-0.3, -0.25) is 4.68 Å². The van der Waals surface area contributed by atoms with Gasteiger partial charge < -0.3 is 19.6 Å². The second kappa shape index (κ2) is 9.21. The number of hydrogen-bond acceptors (Lipinski definition) is 4. The van der Waals surface area contributed by atoms with Gasteiger partial charge >= 0.3 is 0 Å². The third kappa shape index (κ3) is 6.44. The van der Waals surface area contributed by atoms with Crippen LogP contribution in [0.2, 0.25) is 0 Å². The van der Waals surface area contributed by atoms with Crippen molar-refractivity contribution in [3.63, 3.8) is 0 Å². The molecule has 0 saturated carbocycles. The normalized spacial score (nSPS) is 10.6. The van der Waals surface area contributed by atoms with Crippen LogP contribution >= 0.6 is 0 Å². The van der Waals surface area contributed by atoms with E-state index in [4.69, 9.17) is 14.2 Å². The fourth-order valence-electron chi connectivity index (χ4n) is 1.15. The maximum Gasteiger partial charge on any atom is 0.0701 e. The number of aromatic nitrogens is 1. The Morgan fingerprint density at radius 3 is 2.25 bits per heavy atom. The second-order valence-corrected chi connectivity index (χ2v) is 3.22. The first-order valence-electron chi connectivity index (χ1n) is 5.45. The van der Waals surface area contributed by atoms with E-state index in [2.05, 4.69) is 5.43 Å². The van der Waals surface area contributed by atoms with Crippen molar-refractivity contribution in [1.29, 1.82) is 0 Å². The molecule has 0 unspecified atom stereocenters. The summed E-state index contributed by atoms with van der Waals surface area (Å²) in [4.78, 5) is 0. The SMILES string of the molecule is COCCOCCOCCNn1cccc1. The highest BCUT2D eigenvalue weighted by Crippen LogP contribution is 1.85. The van der Waals surface area contributed by atoms with Crippen molar-refractivity contribution in [1.82, 2.24) is 4.68 Å². The number of ether oxygens (including phenoxy) is 3. The van der Waals surface area contributed by atoms with Crippen molar-refractivity contribution in [3.8, 4) is 0 Å². The monoisotopic (exact) mass is 228 g/mol. The number of hydrogen-bond donors (Lipinski definition) is 1. The lowest BCUT2D eigenvalue weighted by atomic mass is 10.7. The third-order valence-electron chi connectivity index (χ3n) is 1.95. The topological polar surface area (TPSA) is 44.6 Å². The van der Waals surface area contributed by atoms with E-state index >= 15 is 0 Å². The lowest BCUT2D eigenvalue weighted by Crippen LogP contribution is -2.19. The molecule has 1 N–H and O–H groups in total. The fourth-order valence-corrected chi connectivity index (χ4v) is 1.15. The van der Waals surface area contributed by atoms with Crippen molar-refractivity contribution < 1.29 is 14.2 Å². The largest absolute Gasteiger partial charge is 0.382 e. The Bertz CT molecular complexity index is 239. The molecule has 0 aliphatic rings. The predicted octanol–water partition coefficient (Wildman–Crippen LogP) is 0.711. The Hall–Kier alpha value is -1.04. The number of nitrogens with zero attached hydrogens (tertiary/aromatic N) is 1. The van der Waals surface area contributed by atoms with Crippen LogP contribution in [0.25, 0.3) is 0 Å². The standard InChI is InChI=1S/C11H20N2O3/c1-14-8-9-16-11-10-15-7-4-12-13-5-2-3-6-13/h2-3,5-6,12H,4,7-11H2,1H3. The molecule has 16 heavy (non-hydrogen) atoms. The Morgan fingerprint density at radius 2 is 1.56 bits per heavy atom. The Labute approximate surface area is 96.3 Å². The maximum atomic E-state index is 5.37. The minimum Gasteiger partial charge on any atom is -0.382 e. The van der Waals surface area contributed by atoms with Gasteiger partial charge in [0.15, 0.2) is 0 Å². The average Bonchev–Trinajstić information content (AvgIpc) is 2.80. The Morgan fingerprint density at radius 1 is 0.938 bits per heavy atom. The zero-order valence-corrected chi connectivity index (χ0v) is 9.72. The van der Waals surface area contributed by atoms with E-state index in [0.29, 0.717) is 33.0 Å². The highest BCUT2D eigenvalue weighted by molar-refractivity contribution is 4.92. The van der Waals surface area contributed by atoms with Crippen LogP contribution in [0.5, 0.6) is 0 Å². The maximum absolute atomic E-state index is 5.37. The molecule has 92 valence electrons. The second-order valence-electron chi connectivity index (χ2n) is 3.22. The fraction of sp³-hybridized carbons (Fsp3) is 0.636. The first-order valence-corrected chi connectivity index (χ1v) is 5.45. The van der Waals surface area contributed by atoms with Crippen LogP contribution in [0.15, 0.2) is 24.5 Å². The molecule has 0 fully saturated rings. The molecule has 0 aliphatic heterocycles. The van der Waals surface area contributed by atoms with Gasteiger partial charge in [-0.1, -0.05) is 0 Å². The molecule has 5 nitrogen and oxygen atoms in total. The molecule has 1 heterocycles. The van der Waals surface area contributed by atoms with Crippen LogP contribution in [0.4, 0.5) is 0 Å². The van der Waals surface area contributed by atoms with E-state index in [9.17, 15) is 0 Å². The Kier molecular flexibility index (Phi) is 7.49. The van der Waals surface area contributed by atoms with Gasteiger partial charge in [-0.2, -0.15) is 0 Å². The summed E-state index contributed by atoms with van der Waals surface area (Å²) in [6.45, 7) is 3.96. The van der Waals surface area contributed by atoms with Crippen LogP contribution in [-0.2, 0) is 14.2 Å². The van der Waals surface area contributed by atoms with Gasteiger partial charge in [0.2, 0.25) is 0 Å². The lowest BCUT2D eigenvalue weighted by Gasteiger charge is -2.08. The number of nitrogens with one attached hydrogen (secondary N) is 1. The van der Waals surface area contributed by atoms with Gasteiger partial charge in [0.1, 0.15) is 0 Å². The van der Waals surface area contributed by atoms with Gasteiger partial charge in [0, 0.05) is 19.5 Å². The van der Waals surface area contributed by atoms with Crippen LogP contribution in [0, 0.1) is 0 Å². The first-order chi connectivity index (χ1) is 7.93. The first kappa shape index (κ1) is 13.0. The molecule has 5 heteroatoms. The Balaban J connectivity index is 1.78.